The van der Waals surface area contributed by atoms with Crippen LogP contribution in [0.1, 0.15) is 45.3 Å². The summed E-state index contributed by atoms with van der Waals surface area (Å²) in [7, 11) is -1.55. The molecule has 1 rings (SSSR count). The third-order valence-electron chi connectivity index (χ3n) is 2.94. The van der Waals surface area contributed by atoms with E-state index < -0.39 is 19.3 Å². The molecule has 2 unspecified atom stereocenters. The molecule has 0 amide bonds. The topological polar surface area (TPSA) is 80.9 Å². The van der Waals surface area contributed by atoms with Crippen LogP contribution in [0.5, 0.6) is 0 Å². The van der Waals surface area contributed by atoms with Crippen LogP contribution in [0.4, 0.5) is 0 Å². The Morgan fingerprint density at radius 2 is 1.79 bits per heavy atom. The van der Waals surface area contributed by atoms with Gasteiger partial charge in [-0.1, -0.05) is 45.0 Å². The third-order valence-corrected chi connectivity index (χ3v) is 2.94. The Morgan fingerprint density at radius 3 is 2.32 bits per heavy atom. The summed E-state index contributed by atoms with van der Waals surface area (Å²) in [6, 6.07) is 6.48. The molecule has 106 valence electrons. The van der Waals surface area contributed by atoms with E-state index in [4.69, 9.17) is 10.0 Å². The third kappa shape index (κ3) is 5.74. The highest BCUT2D eigenvalue weighted by atomic mass is 16.4. The number of hydrogen-bond acceptors (Lipinski definition) is 4. The molecule has 1 aromatic rings. The lowest BCUT2D eigenvalue weighted by molar-refractivity contribution is 0.0551. The first-order valence-corrected chi connectivity index (χ1v) is 6.51. The molecule has 0 spiro atoms. The normalized spacial score (nSPS) is 15.1. The van der Waals surface area contributed by atoms with E-state index in [2.05, 4.69) is 0 Å². The van der Waals surface area contributed by atoms with Crippen molar-refractivity contribution in [3.8, 4) is 0 Å². The van der Waals surface area contributed by atoms with Gasteiger partial charge in [0.05, 0.1) is 12.2 Å². The Morgan fingerprint density at radius 1 is 1.16 bits per heavy atom. The Bertz CT molecular complexity index is 401. The van der Waals surface area contributed by atoms with E-state index in [1.165, 1.54) is 0 Å². The van der Waals surface area contributed by atoms with Crippen LogP contribution in [0.3, 0.4) is 0 Å². The van der Waals surface area contributed by atoms with E-state index in [0.717, 1.165) is 0 Å². The molecule has 0 fully saturated rings. The number of aliphatic hydroxyl groups is 2. The van der Waals surface area contributed by atoms with Crippen LogP contribution in [-0.4, -0.2) is 33.5 Å². The van der Waals surface area contributed by atoms with Crippen molar-refractivity contribution in [3.63, 3.8) is 0 Å². The minimum absolute atomic E-state index is 0.00226. The molecular weight excluding hydrogens is 243 g/mol. The average molecular weight is 266 g/mol. The summed E-state index contributed by atoms with van der Waals surface area (Å²) in [5.74, 6) is 0. The van der Waals surface area contributed by atoms with Gasteiger partial charge in [0.25, 0.3) is 0 Å². The predicted molar refractivity (Wildman–Crippen MR) is 75.9 cm³/mol. The molecule has 0 saturated carbocycles. The zero-order valence-corrected chi connectivity index (χ0v) is 11.7. The van der Waals surface area contributed by atoms with Crippen molar-refractivity contribution in [1.29, 1.82) is 0 Å². The molecule has 0 aliphatic rings. The maximum atomic E-state index is 10.1. The Balaban J connectivity index is 2.67. The highest BCUT2D eigenvalue weighted by Crippen LogP contribution is 2.26. The van der Waals surface area contributed by atoms with E-state index >= 15 is 0 Å². The molecule has 0 heterocycles. The minimum Gasteiger partial charge on any atom is -0.423 e. The second-order valence-corrected chi connectivity index (χ2v) is 6.21. The van der Waals surface area contributed by atoms with Crippen LogP contribution < -0.4 is 5.46 Å². The van der Waals surface area contributed by atoms with E-state index in [0.29, 0.717) is 17.4 Å². The van der Waals surface area contributed by atoms with Crippen LogP contribution in [0.15, 0.2) is 24.3 Å². The first-order valence-electron chi connectivity index (χ1n) is 6.51. The standard InChI is InChI=1S/C14H23BO4/c1-14(2,3)9-12(16)8-13(17)10-5-4-6-11(7-10)15(18)19/h4-7,12-13,16-19H,8-9H2,1-3H3. The van der Waals surface area contributed by atoms with Crippen molar-refractivity contribution in [2.75, 3.05) is 0 Å². The quantitative estimate of drug-likeness (QED) is 0.588. The van der Waals surface area contributed by atoms with Gasteiger partial charge < -0.3 is 20.3 Å². The Hall–Kier alpha value is -0.875. The smallest absolute Gasteiger partial charge is 0.423 e. The molecule has 0 bridgehead atoms. The SMILES string of the molecule is CC(C)(C)CC(O)CC(O)c1cccc(B(O)O)c1. The minimum atomic E-state index is -1.55. The van der Waals surface area contributed by atoms with Crippen molar-refractivity contribution in [1.82, 2.24) is 0 Å². The van der Waals surface area contributed by atoms with Gasteiger partial charge in [-0.2, -0.15) is 0 Å². The van der Waals surface area contributed by atoms with Gasteiger partial charge in [0.15, 0.2) is 0 Å². The molecule has 0 aromatic heterocycles. The second-order valence-electron chi connectivity index (χ2n) is 6.21. The molecule has 1 aromatic carbocycles. The zero-order valence-electron chi connectivity index (χ0n) is 11.7. The van der Waals surface area contributed by atoms with Gasteiger partial charge in [0.1, 0.15) is 0 Å². The zero-order chi connectivity index (χ0) is 14.6. The summed E-state index contributed by atoms with van der Waals surface area (Å²) >= 11 is 0. The summed E-state index contributed by atoms with van der Waals surface area (Å²) in [4.78, 5) is 0. The Kier molecular flexibility index (Phi) is 5.56. The number of rotatable bonds is 5. The van der Waals surface area contributed by atoms with Gasteiger partial charge in [-0.3, -0.25) is 0 Å². The van der Waals surface area contributed by atoms with Gasteiger partial charge in [0, 0.05) is 6.42 Å². The van der Waals surface area contributed by atoms with Crippen LogP contribution in [-0.2, 0) is 0 Å². The van der Waals surface area contributed by atoms with Crippen LogP contribution in [0.25, 0.3) is 0 Å². The lowest BCUT2D eigenvalue weighted by Gasteiger charge is -2.24. The van der Waals surface area contributed by atoms with Gasteiger partial charge in [-0.15, -0.1) is 0 Å². The summed E-state index contributed by atoms with van der Waals surface area (Å²) in [5.41, 5.74) is 0.919. The number of hydrogen-bond donors (Lipinski definition) is 4. The molecule has 4 nitrogen and oxygen atoms in total. The monoisotopic (exact) mass is 266 g/mol. The Labute approximate surface area is 114 Å². The first-order chi connectivity index (χ1) is 8.69. The van der Waals surface area contributed by atoms with Gasteiger partial charge in [-0.05, 0) is 22.9 Å². The van der Waals surface area contributed by atoms with E-state index in [9.17, 15) is 10.2 Å². The summed E-state index contributed by atoms with van der Waals surface area (Å²) in [6.07, 6.45) is -0.553. The maximum absolute atomic E-state index is 10.1. The van der Waals surface area contributed by atoms with E-state index in [1.807, 2.05) is 20.8 Å². The molecule has 2 atom stereocenters. The number of aliphatic hydroxyl groups excluding tert-OH is 2. The predicted octanol–water partition coefficient (Wildman–Crippen LogP) is 0.587. The second kappa shape index (κ2) is 6.52. The van der Waals surface area contributed by atoms with E-state index in [1.54, 1.807) is 24.3 Å². The molecule has 0 aliphatic heterocycles. The van der Waals surface area contributed by atoms with Crippen molar-refractivity contribution >= 4 is 12.6 Å². The summed E-state index contributed by atoms with van der Waals surface area (Å²) in [5, 5.41) is 38.2. The maximum Gasteiger partial charge on any atom is 0.488 e. The average Bonchev–Trinajstić information content (AvgIpc) is 2.26. The van der Waals surface area contributed by atoms with E-state index in [-0.39, 0.29) is 11.8 Å². The van der Waals surface area contributed by atoms with Crippen LogP contribution >= 0.6 is 0 Å². The van der Waals surface area contributed by atoms with Gasteiger partial charge in [-0.25, -0.2) is 0 Å². The lowest BCUT2D eigenvalue weighted by atomic mass is 9.79. The highest BCUT2D eigenvalue weighted by molar-refractivity contribution is 6.58. The molecule has 4 N–H and O–H groups in total. The molecule has 5 heteroatoms. The molecule has 0 aliphatic carbocycles. The molecule has 0 saturated heterocycles. The van der Waals surface area contributed by atoms with Gasteiger partial charge in [0.2, 0.25) is 0 Å². The largest absolute Gasteiger partial charge is 0.488 e. The summed E-state index contributed by atoms with van der Waals surface area (Å²) < 4.78 is 0. The van der Waals surface area contributed by atoms with Crippen molar-refractivity contribution < 1.29 is 20.3 Å². The number of benzene rings is 1. The first kappa shape index (κ1) is 16.2. The van der Waals surface area contributed by atoms with Crippen LogP contribution in [0.2, 0.25) is 0 Å². The van der Waals surface area contributed by atoms with Gasteiger partial charge >= 0.3 is 7.12 Å². The fraction of sp³-hybridized carbons (Fsp3) is 0.571. The lowest BCUT2D eigenvalue weighted by Crippen LogP contribution is -2.30. The molecular formula is C14H23BO4. The van der Waals surface area contributed by atoms with Crippen molar-refractivity contribution in [3.05, 3.63) is 29.8 Å². The fourth-order valence-corrected chi connectivity index (χ4v) is 2.11. The van der Waals surface area contributed by atoms with Crippen molar-refractivity contribution in [2.24, 2.45) is 5.41 Å². The fourth-order valence-electron chi connectivity index (χ4n) is 2.11. The molecule has 19 heavy (non-hydrogen) atoms. The van der Waals surface area contributed by atoms with Crippen molar-refractivity contribution in [2.45, 2.75) is 45.8 Å². The highest BCUT2D eigenvalue weighted by Gasteiger charge is 2.21. The van der Waals surface area contributed by atoms with Crippen LogP contribution in [0, 0.1) is 5.41 Å². The molecule has 0 radical (unpaired) electrons. The summed E-state index contributed by atoms with van der Waals surface area (Å²) in [6.45, 7) is 6.10.